The summed E-state index contributed by atoms with van der Waals surface area (Å²) in [6, 6.07) is 0.421. The van der Waals surface area contributed by atoms with Crippen LogP contribution >= 0.6 is 0 Å². The highest BCUT2D eigenvalue weighted by Gasteiger charge is 2.43. The standard InChI is InChI=1S/C17H25N5O2/c1-19-5-4-18-15(19)12-20-6-8-21(9-7-20)17(24)13-10-16(23)22(11-13)14-2-3-14/h4-5,13-14H,2-3,6-12H2,1H3/t13-/m1/s1. The number of likely N-dealkylation sites (tertiary alicyclic amines) is 1. The van der Waals surface area contributed by atoms with E-state index in [0.29, 0.717) is 19.0 Å². The van der Waals surface area contributed by atoms with Gasteiger partial charge in [0, 0.05) is 64.6 Å². The molecule has 7 nitrogen and oxygen atoms in total. The number of imidazole rings is 1. The van der Waals surface area contributed by atoms with E-state index in [1.165, 1.54) is 0 Å². The molecule has 0 radical (unpaired) electrons. The summed E-state index contributed by atoms with van der Waals surface area (Å²) in [4.78, 5) is 35.4. The number of aromatic nitrogens is 2. The molecule has 0 unspecified atom stereocenters. The van der Waals surface area contributed by atoms with E-state index in [4.69, 9.17) is 0 Å². The Kier molecular flexibility index (Phi) is 4.04. The molecular weight excluding hydrogens is 306 g/mol. The van der Waals surface area contributed by atoms with E-state index in [9.17, 15) is 9.59 Å². The first kappa shape index (κ1) is 15.6. The van der Waals surface area contributed by atoms with Crippen molar-refractivity contribution in [2.45, 2.75) is 31.8 Å². The summed E-state index contributed by atoms with van der Waals surface area (Å²) in [5.74, 6) is 1.27. The van der Waals surface area contributed by atoms with Crippen molar-refractivity contribution in [1.82, 2.24) is 24.3 Å². The maximum atomic E-state index is 12.7. The number of aryl methyl sites for hydroxylation is 1. The Balaban J connectivity index is 1.28. The lowest BCUT2D eigenvalue weighted by Crippen LogP contribution is -2.50. The van der Waals surface area contributed by atoms with Crippen LogP contribution in [0.4, 0.5) is 0 Å². The van der Waals surface area contributed by atoms with Gasteiger partial charge in [-0.15, -0.1) is 0 Å². The van der Waals surface area contributed by atoms with Crippen molar-refractivity contribution in [3.63, 3.8) is 0 Å². The monoisotopic (exact) mass is 331 g/mol. The minimum absolute atomic E-state index is 0.126. The molecule has 1 saturated carbocycles. The van der Waals surface area contributed by atoms with E-state index in [1.807, 2.05) is 33.8 Å². The molecule has 0 N–H and O–H groups in total. The molecule has 1 aromatic heterocycles. The second-order valence-corrected chi connectivity index (χ2v) is 7.23. The summed E-state index contributed by atoms with van der Waals surface area (Å²) < 4.78 is 2.04. The lowest BCUT2D eigenvalue weighted by atomic mass is 10.1. The molecule has 7 heteroatoms. The highest BCUT2D eigenvalue weighted by Crippen LogP contribution is 2.33. The van der Waals surface area contributed by atoms with Crippen molar-refractivity contribution >= 4 is 11.8 Å². The highest BCUT2D eigenvalue weighted by atomic mass is 16.2. The number of hydrogen-bond acceptors (Lipinski definition) is 4. The zero-order valence-electron chi connectivity index (χ0n) is 14.2. The summed E-state index contributed by atoms with van der Waals surface area (Å²) in [7, 11) is 2.00. The molecule has 130 valence electrons. The van der Waals surface area contributed by atoms with Crippen molar-refractivity contribution in [1.29, 1.82) is 0 Å². The second kappa shape index (κ2) is 6.20. The van der Waals surface area contributed by atoms with Gasteiger partial charge in [-0.2, -0.15) is 0 Å². The van der Waals surface area contributed by atoms with Gasteiger partial charge in [0.05, 0.1) is 12.5 Å². The van der Waals surface area contributed by atoms with E-state index in [-0.39, 0.29) is 17.7 Å². The minimum atomic E-state index is -0.126. The Morgan fingerprint density at radius 2 is 2.00 bits per heavy atom. The van der Waals surface area contributed by atoms with Gasteiger partial charge in [0.1, 0.15) is 5.82 Å². The molecule has 2 saturated heterocycles. The molecule has 0 spiro atoms. The third kappa shape index (κ3) is 3.05. The Bertz CT molecular complexity index is 631. The van der Waals surface area contributed by atoms with E-state index in [1.54, 1.807) is 0 Å². The van der Waals surface area contributed by atoms with Gasteiger partial charge in [0.25, 0.3) is 0 Å². The maximum Gasteiger partial charge on any atom is 0.228 e. The molecule has 4 rings (SSSR count). The largest absolute Gasteiger partial charge is 0.340 e. The molecule has 1 aliphatic carbocycles. The topological polar surface area (TPSA) is 61.7 Å². The van der Waals surface area contributed by atoms with Crippen LogP contribution < -0.4 is 0 Å². The van der Waals surface area contributed by atoms with Gasteiger partial charge < -0.3 is 14.4 Å². The average Bonchev–Trinajstić information content (AvgIpc) is 3.24. The lowest BCUT2D eigenvalue weighted by Gasteiger charge is -2.35. The van der Waals surface area contributed by atoms with Gasteiger partial charge in [-0.3, -0.25) is 14.5 Å². The zero-order chi connectivity index (χ0) is 16.7. The Hall–Kier alpha value is -1.89. The van der Waals surface area contributed by atoms with Crippen molar-refractivity contribution in [2.24, 2.45) is 13.0 Å². The van der Waals surface area contributed by atoms with Crippen molar-refractivity contribution in [2.75, 3.05) is 32.7 Å². The fourth-order valence-electron chi connectivity index (χ4n) is 3.77. The molecule has 0 aromatic carbocycles. The van der Waals surface area contributed by atoms with Crippen molar-refractivity contribution < 1.29 is 9.59 Å². The number of piperazine rings is 1. The molecule has 2 amide bonds. The molecule has 2 aliphatic heterocycles. The normalized spacial score (nSPS) is 25.5. The molecule has 1 atom stereocenters. The van der Waals surface area contributed by atoms with E-state index in [2.05, 4.69) is 9.88 Å². The molecule has 1 aromatic rings. The Morgan fingerprint density at radius 1 is 1.25 bits per heavy atom. The highest BCUT2D eigenvalue weighted by molar-refractivity contribution is 5.89. The fourth-order valence-corrected chi connectivity index (χ4v) is 3.77. The fraction of sp³-hybridized carbons (Fsp3) is 0.706. The summed E-state index contributed by atoms with van der Waals surface area (Å²) >= 11 is 0. The zero-order valence-corrected chi connectivity index (χ0v) is 14.2. The maximum absolute atomic E-state index is 12.7. The van der Waals surface area contributed by atoms with Crippen LogP contribution in [0.15, 0.2) is 12.4 Å². The van der Waals surface area contributed by atoms with Gasteiger partial charge in [0.15, 0.2) is 0 Å². The van der Waals surface area contributed by atoms with Crippen LogP contribution in [-0.4, -0.2) is 74.8 Å². The molecule has 3 aliphatic rings. The quantitative estimate of drug-likeness (QED) is 0.784. The number of hydrogen-bond donors (Lipinski definition) is 0. The molecule has 24 heavy (non-hydrogen) atoms. The van der Waals surface area contributed by atoms with Gasteiger partial charge in [-0.1, -0.05) is 0 Å². The first-order valence-corrected chi connectivity index (χ1v) is 8.88. The minimum Gasteiger partial charge on any atom is -0.340 e. The summed E-state index contributed by atoms with van der Waals surface area (Å²) in [6.45, 7) is 4.69. The van der Waals surface area contributed by atoms with Crippen LogP contribution in [-0.2, 0) is 23.2 Å². The predicted molar refractivity (Wildman–Crippen MR) is 87.9 cm³/mol. The molecule has 3 heterocycles. The van der Waals surface area contributed by atoms with Crippen LogP contribution in [0.1, 0.15) is 25.1 Å². The second-order valence-electron chi connectivity index (χ2n) is 7.23. The van der Waals surface area contributed by atoms with Crippen LogP contribution in [0.5, 0.6) is 0 Å². The number of nitrogens with zero attached hydrogens (tertiary/aromatic N) is 5. The molecule has 0 bridgehead atoms. The first-order chi connectivity index (χ1) is 11.6. The molecule has 3 fully saturated rings. The number of carbonyl (C=O) groups excluding carboxylic acids is 2. The Morgan fingerprint density at radius 3 is 2.62 bits per heavy atom. The van der Waals surface area contributed by atoms with Crippen LogP contribution in [0.2, 0.25) is 0 Å². The third-order valence-corrected chi connectivity index (χ3v) is 5.47. The SMILES string of the molecule is Cn1ccnc1CN1CCN(C(=O)[C@@H]2CC(=O)N(C3CC3)C2)CC1. The van der Waals surface area contributed by atoms with E-state index >= 15 is 0 Å². The van der Waals surface area contributed by atoms with Gasteiger partial charge in [0.2, 0.25) is 11.8 Å². The van der Waals surface area contributed by atoms with Crippen LogP contribution in [0.3, 0.4) is 0 Å². The molecular formula is C17H25N5O2. The lowest BCUT2D eigenvalue weighted by molar-refractivity contribution is -0.137. The number of carbonyl (C=O) groups is 2. The average molecular weight is 331 g/mol. The number of amides is 2. The van der Waals surface area contributed by atoms with Gasteiger partial charge >= 0.3 is 0 Å². The van der Waals surface area contributed by atoms with Crippen LogP contribution in [0, 0.1) is 5.92 Å². The first-order valence-electron chi connectivity index (χ1n) is 8.88. The van der Waals surface area contributed by atoms with Crippen LogP contribution in [0.25, 0.3) is 0 Å². The van der Waals surface area contributed by atoms with Gasteiger partial charge in [-0.05, 0) is 12.8 Å². The third-order valence-electron chi connectivity index (χ3n) is 5.47. The summed E-state index contributed by atoms with van der Waals surface area (Å²) in [6.07, 6.45) is 6.40. The smallest absolute Gasteiger partial charge is 0.228 e. The van der Waals surface area contributed by atoms with E-state index in [0.717, 1.165) is 51.4 Å². The van der Waals surface area contributed by atoms with E-state index < -0.39 is 0 Å². The van der Waals surface area contributed by atoms with Crippen molar-refractivity contribution in [3.8, 4) is 0 Å². The predicted octanol–water partition coefficient (Wildman–Crippen LogP) is 0.0752. The summed E-state index contributed by atoms with van der Waals surface area (Å²) in [5, 5.41) is 0. The summed E-state index contributed by atoms with van der Waals surface area (Å²) in [5.41, 5.74) is 0. The van der Waals surface area contributed by atoms with Crippen molar-refractivity contribution in [3.05, 3.63) is 18.2 Å². The van der Waals surface area contributed by atoms with Gasteiger partial charge in [-0.25, -0.2) is 4.98 Å². The Labute approximate surface area is 142 Å². The number of rotatable bonds is 4.